The molecule has 4 heterocycles. The lowest BCUT2D eigenvalue weighted by Crippen LogP contribution is -2.51. The number of piperidine rings is 1. The number of nitrogens with one attached hydrogen (secondary N) is 2. The number of likely N-dealkylation sites (tertiary alicyclic amines) is 1. The zero-order valence-electron chi connectivity index (χ0n) is 20.4. The van der Waals surface area contributed by atoms with Gasteiger partial charge in [0.25, 0.3) is 11.8 Å². The van der Waals surface area contributed by atoms with Crippen LogP contribution in [0.5, 0.6) is 5.75 Å². The van der Waals surface area contributed by atoms with Crippen molar-refractivity contribution < 1.29 is 14.3 Å². The third kappa shape index (κ3) is 5.71. The minimum absolute atomic E-state index is 0.0778. The SMILES string of the molecule is CC(C)(Oc1ccccc1Cl)C(=O)N1CCC(c2nc(C(=O)Nc3cc(-c4cccs4)[nH]n3)cs2)CC1. The Kier molecular flexibility index (Phi) is 7.32. The minimum Gasteiger partial charge on any atom is -0.476 e. The number of nitrogens with zero attached hydrogens (tertiary/aromatic N) is 3. The molecule has 3 aromatic heterocycles. The van der Waals surface area contributed by atoms with E-state index in [1.165, 1.54) is 11.3 Å². The normalized spacial score (nSPS) is 14.5. The molecule has 0 atom stereocenters. The third-order valence-electron chi connectivity index (χ3n) is 6.21. The number of aromatic nitrogens is 3. The van der Waals surface area contributed by atoms with Gasteiger partial charge in [0.1, 0.15) is 11.4 Å². The van der Waals surface area contributed by atoms with E-state index in [4.69, 9.17) is 16.3 Å². The maximum absolute atomic E-state index is 13.2. The molecule has 5 rings (SSSR count). The molecule has 0 spiro atoms. The van der Waals surface area contributed by atoms with Gasteiger partial charge in [-0.15, -0.1) is 22.7 Å². The Morgan fingerprint density at radius 2 is 1.95 bits per heavy atom. The van der Waals surface area contributed by atoms with Gasteiger partial charge >= 0.3 is 0 Å². The van der Waals surface area contributed by atoms with Crippen LogP contribution in [0.1, 0.15) is 48.1 Å². The Hall–Kier alpha value is -3.21. The summed E-state index contributed by atoms with van der Waals surface area (Å²) >= 11 is 9.28. The van der Waals surface area contributed by atoms with Crippen LogP contribution < -0.4 is 10.1 Å². The zero-order valence-corrected chi connectivity index (χ0v) is 22.8. The molecule has 0 saturated carbocycles. The molecule has 0 radical (unpaired) electrons. The number of thiazole rings is 1. The Morgan fingerprint density at radius 1 is 1.16 bits per heavy atom. The number of rotatable bonds is 7. The molecule has 1 fully saturated rings. The van der Waals surface area contributed by atoms with Crippen LogP contribution in [0.2, 0.25) is 5.02 Å². The summed E-state index contributed by atoms with van der Waals surface area (Å²) in [6, 6.07) is 12.9. The van der Waals surface area contributed by atoms with Crippen LogP contribution in [0.15, 0.2) is 53.2 Å². The van der Waals surface area contributed by atoms with Gasteiger partial charge in [-0.2, -0.15) is 5.10 Å². The van der Waals surface area contributed by atoms with E-state index in [9.17, 15) is 9.59 Å². The maximum Gasteiger partial charge on any atom is 0.276 e. The number of carbonyl (C=O) groups excluding carboxylic acids is 2. The van der Waals surface area contributed by atoms with Crippen LogP contribution >= 0.6 is 34.3 Å². The smallest absolute Gasteiger partial charge is 0.276 e. The maximum atomic E-state index is 13.2. The van der Waals surface area contributed by atoms with Crippen molar-refractivity contribution in [2.75, 3.05) is 18.4 Å². The summed E-state index contributed by atoms with van der Waals surface area (Å²) in [5, 5.41) is 15.1. The number of amides is 2. The van der Waals surface area contributed by atoms with Crippen molar-refractivity contribution in [3.63, 3.8) is 0 Å². The lowest BCUT2D eigenvalue weighted by atomic mass is 9.96. The number of carbonyl (C=O) groups is 2. The van der Waals surface area contributed by atoms with Crippen molar-refractivity contribution in [2.45, 2.75) is 38.2 Å². The largest absolute Gasteiger partial charge is 0.476 e. The highest BCUT2D eigenvalue weighted by molar-refractivity contribution is 7.13. The molecule has 4 aromatic rings. The number of ether oxygens (including phenoxy) is 1. The van der Waals surface area contributed by atoms with Gasteiger partial charge < -0.3 is 15.0 Å². The number of aromatic amines is 1. The first-order valence-electron chi connectivity index (χ1n) is 11.9. The minimum atomic E-state index is -1.04. The summed E-state index contributed by atoms with van der Waals surface area (Å²) in [5.74, 6) is 0.766. The lowest BCUT2D eigenvalue weighted by Gasteiger charge is -2.36. The van der Waals surface area contributed by atoms with Crippen LogP contribution in [-0.2, 0) is 4.79 Å². The first-order valence-corrected chi connectivity index (χ1v) is 14.0. The van der Waals surface area contributed by atoms with Crippen molar-refractivity contribution in [1.82, 2.24) is 20.1 Å². The molecule has 37 heavy (non-hydrogen) atoms. The van der Waals surface area contributed by atoms with E-state index in [2.05, 4.69) is 20.5 Å². The van der Waals surface area contributed by atoms with E-state index < -0.39 is 5.60 Å². The van der Waals surface area contributed by atoms with Gasteiger partial charge in [0, 0.05) is 30.5 Å². The molecule has 2 N–H and O–H groups in total. The fraction of sp³-hybridized carbons (Fsp3) is 0.308. The molecule has 11 heteroatoms. The molecular formula is C26H26ClN5O3S2. The number of halogens is 1. The van der Waals surface area contributed by atoms with E-state index in [0.717, 1.165) is 28.4 Å². The van der Waals surface area contributed by atoms with E-state index in [0.29, 0.717) is 35.4 Å². The number of hydrogen-bond donors (Lipinski definition) is 2. The average molecular weight is 556 g/mol. The molecule has 0 bridgehead atoms. The van der Waals surface area contributed by atoms with Crippen LogP contribution in [0.4, 0.5) is 5.82 Å². The van der Waals surface area contributed by atoms with Crippen molar-refractivity contribution in [3.8, 4) is 16.3 Å². The Morgan fingerprint density at radius 3 is 2.68 bits per heavy atom. The molecule has 192 valence electrons. The van der Waals surface area contributed by atoms with E-state index >= 15 is 0 Å². The Bertz CT molecular complexity index is 1390. The summed E-state index contributed by atoms with van der Waals surface area (Å²) in [5.41, 5.74) is 0.180. The second kappa shape index (κ2) is 10.6. The monoisotopic (exact) mass is 555 g/mol. The lowest BCUT2D eigenvalue weighted by molar-refractivity contribution is -0.146. The third-order valence-corrected chi connectivity index (χ3v) is 8.43. The summed E-state index contributed by atoms with van der Waals surface area (Å²) in [7, 11) is 0. The second-order valence-corrected chi connectivity index (χ2v) is 11.5. The van der Waals surface area contributed by atoms with E-state index in [1.54, 1.807) is 48.8 Å². The van der Waals surface area contributed by atoms with Crippen LogP contribution in [-0.4, -0.2) is 50.6 Å². The van der Waals surface area contributed by atoms with Gasteiger partial charge in [0.15, 0.2) is 11.4 Å². The number of H-pyrrole nitrogens is 1. The van der Waals surface area contributed by atoms with Crippen molar-refractivity contribution in [3.05, 3.63) is 68.9 Å². The van der Waals surface area contributed by atoms with Crippen molar-refractivity contribution in [2.24, 2.45) is 0 Å². The van der Waals surface area contributed by atoms with Gasteiger partial charge in [0.05, 0.1) is 20.6 Å². The number of para-hydroxylation sites is 1. The van der Waals surface area contributed by atoms with Crippen molar-refractivity contribution in [1.29, 1.82) is 0 Å². The van der Waals surface area contributed by atoms with Crippen molar-refractivity contribution >= 4 is 51.9 Å². The molecule has 0 aliphatic carbocycles. The molecule has 1 aliphatic rings. The van der Waals surface area contributed by atoms with Gasteiger partial charge in [0.2, 0.25) is 0 Å². The first kappa shape index (κ1) is 25.4. The molecule has 0 unspecified atom stereocenters. The van der Waals surface area contributed by atoms with Crippen LogP contribution in [0, 0.1) is 0 Å². The number of benzene rings is 1. The van der Waals surface area contributed by atoms with E-state index in [1.807, 2.05) is 34.5 Å². The average Bonchev–Trinajstić information content (AvgIpc) is 3.67. The van der Waals surface area contributed by atoms with Gasteiger partial charge in [-0.1, -0.05) is 29.8 Å². The summed E-state index contributed by atoms with van der Waals surface area (Å²) in [4.78, 5) is 33.4. The van der Waals surface area contributed by atoms with Gasteiger partial charge in [-0.05, 0) is 50.3 Å². The molecule has 2 amide bonds. The molecule has 1 aliphatic heterocycles. The van der Waals surface area contributed by atoms with Gasteiger partial charge in [-0.3, -0.25) is 14.7 Å². The van der Waals surface area contributed by atoms with Gasteiger partial charge in [-0.25, -0.2) is 4.98 Å². The number of hydrogen-bond acceptors (Lipinski definition) is 7. The predicted octanol–water partition coefficient (Wildman–Crippen LogP) is 6.06. The molecule has 1 aromatic carbocycles. The fourth-order valence-corrected chi connectivity index (χ4v) is 6.10. The van der Waals surface area contributed by atoms with Crippen LogP contribution in [0.3, 0.4) is 0 Å². The summed E-state index contributed by atoms with van der Waals surface area (Å²) in [6.45, 7) is 4.72. The highest BCUT2D eigenvalue weighted by Crippen LogP contribution is 2.33. The summed E-state index contributed by atoms with van der Waals surface area (Å²) in [6.07, 6.45) is 1.54. The molecule has 8 nitrogen and oxygen atoms in total. The first-order chi connectivity index (χ1) is 17.8. The zero-order chi connectivity index (χ0) is 26.0. The molecule has 1 saturated heterocycles. The summed E-state index contributed by atoms with van der Waals surface area (Å²) < 4.78 is 5.98. The van der Waals surface area contributed by atoms with Crippen LogP contribution in [0.25, 0.3) is 10.6 Å². The highest BCUT2D eigenvalue weighted by atomic mass is 35.5. The quantitative estimate of drug-likeness (QED) is 0.288. The number of thiophene rings is 1. The Balaban J connectivity index is 1.16. The highest BCUT2D eigenvalue weighted by Gasteiger charge is 2.37. The fourth-order valence-electron chi connectivity index (χ4n) is 4.26. The topological polar surface area (TPSA) is 100 Å². The van der Waals surface area contributed by atoms with E-state index in [-0.39, 0.29) is 17.7 Å². The number of anilines is 1. The second-order valence-electron chi connectivity index (χ2n) is 9.28. The Labute approximate surface area is 227 Å². The predicted molar refractivity (Wildman–Crippen MR) is 147 cm³/mol. The standard InChI is InChI=1S/C26H26ClN5O3S2/c1-26(2,35-20-7-4-3-6-17(20)27)25(34)32-11-9-16(10-12-32)24-28-19(15-37-24)23(33)29-22-14-18(30-31-22)21-8-5-13-36-21/h3-8,13-16H,9-12H2,1-2H3,(H2,29,30,31,33). The molecular weight excluding hydrogens is 530 g/mol.